The van der Waals surface area contributed by atoms with E-state index in [-0.39, 0.29) is 42.5 Å². The van der Waals surface area contributed by atoms with Crippen LogP contribution in [0.5, 0.6) is 17.2 Å². The molecule has 3 aromatic rings. The first-order valence-corrected chi connectivity index (χ1v) is 10.0. The topological polar surface area (TPSA) is 151 Å². The first kappa shape index (κ1) is 23.5. The number of benzene rings is 1. The zero-order chi connectivity index (χ0) is 24.0. The van der Waals surface area contributed by atoms with Gasteiger partial charge in [0.15, 0.2) is 17.3 Å². The van der Waals surface area contributed by atoms with Gasteiger partial charge in [-0.25, -0.2) is 0 Å². The first-order chi connectivity index (χ1) is 15.8. The molecule has 33 heavy (non-hydrogen) atoms. The fourth-order valence-electron chi connectivity index (χ4n) is 3.23. The number of hydrogen-bond donors (Lipinski definition) is 4. The molecule has 3 rings (SSSR count). The number of aromatic hydroxyl groups is 2. The van der Waals surface area contributed by atoms with Gasteiger partial charge in [-0.3, -0.25) is 14.4 Å². The quantitative estimate of drug-likeness (QED) is 0.381. The summed E-state index contributed by atoms with van der Waals surface area (Å²) < 4.78 is 15.8. The number of phenols is 1. The molecular weight excluding hydrogens is 432 g/mol. The zero-order valence-electron chi connectivity index (χ0n) is 18.1. The van der Waals surface area contributed by atoms with Gasteiger partial charge in [-0.2, -0.15) is 0 Å². The maximum absolute atomic E-state index is 12.6. The molecule has 0 saturated heterocycles. The maximum atomic E-state index is 12.6. The number of nitrogens with one attached hydrogen (secondary N) is 2. The van der Waals surface area contributed by atoms with Crippen molar-refractivity contribution in [1.29, 1.82) is 0 Å². The van der Waals surface area contributed by atoms with Gasteiger partial charge in [0.1, 0.15) is 11.5 Å². The summed E-state index contributed by atoms with van der Waals surface area (Å²) >= 11 is 0. The number of aryl methyl sites for hydroxylation is 1. The molecule has 0 radical (unpaired) electrons. The molecule has 10 heteroatoms. The zero-order valence-corrected chi connectivity index (χ0v) is 18.1. The second kappa shape index (κ2) is 10.4. The molecule has 174 valence electrons. The summed E-state index contributed by atoms with van der Waals surface area (Å²) in [6.07, 6.45) is 1.24. The van der Waals surface area contributed by atoms with Crippen molar-refractivity contribution in [1.82, 2.24) is 10.6 Å². The van der Waals surface area contributed by atoms with Crippen molar-refractivity contribution in [3.05, 3.63) is 75.7 Å². The van der Waals surface area contributed by atoms with E-state index in [1.54, 1.807) is 19.1 Å². The van der Waals surface area contributed by atoms with Gasteiger partial charge >= 0.3 is 0 Å². The van der Waals surface area contributed by atoms with Gasteiger partial charge in [-0.1, -0.05) is 6.07 Å². The number of furan rings is 1. The van der Waals surface area contributed by atoms with E-state index in [0.29, 0.717) is 11.3 Å². The van der Waals surface area contributed by atoms with E-state index in [2.05, 4.69) is 10.6 Å². The fourth-order valence-corrected chi connectivity index (χ4v) is 3.23. The Labute approximate surface area is 188 Å². The smallest absolute Gasteiger partial charge is 0.239 e. The Kier molecular flexibility index (Phi) is 7.39. The molecule has 0 saturated carbocycles. The number of carbonyl (C=O) groups excluding carboxylic acids is 2. The molecular formula is C23H24N2O8. The van der Waals surface area contributed by atoms with Crippen LogP contribution in [0, 0.1) is 6.92 Å². The highest BCUT2D eigenvalue weighted by Crippen LogP contribution is 2.37. The number of carbonyl (C=O) groups is 2. The van der Waals surface area contributed by atoms with E-state index >= 15 is 0 Å². The number of ether oxygens (including phenoxy) is 1. The van der Waals surface area contributed by atoms with Crippen LogP contribution < -0.4 is 20.8 Å². The van der Waals surface area contributed by atoms with E-state index in [1.165, 1.54) is 31.6 Å². The molecule has 0 aliphatic carbocycles. The van der Waals surface area contributed by atoms with Crippen LogP contribution in [0.1, 0.15) is 35.2 Å². The van der Waals surface area contributed by atoms with Crippen LogP contribution in [0.15, 0.2) is 56.3 Å². The Bertz CT molecular complexity index is 1180. The van der Waals surface area contributed by atoms with Crippen molar-refractivity contribution in [3.63, 3.8) is 0 Å². The Hall–Kier alpha value is -4.21. The highest BCUT2D eigenvalue weighted by Gasteiger charge is 2.27. The summed E-state index contributed by atoms with van der Waals surface area (Å²) in [6.45, 7) is 1.44. The third-order valence-electron chi connectivity index (χ3n) is 4.87. The Balaban J connectivity index is 1.78. The van der Waals surface area contributed by atoms with Gasteiger partial charge < -0.3 is 34.4 Å². The summed E-state index contributed by atoms with van der Waals surface area (Å²) in [4.78, 5) is 36.8. The summed E-state index contributed by atoms with van der Waals surface area (Å²) in [5.74, 6) is -1.72. The number of hydrogen-bond acceptors (Lipinski definition) is 8. The van der Waals surface area contributed by atoms with Gasteiger partial charge in [-0.15, -0.1) is 0 Å². The average Bonchev–Trinajstić information content (AvgIpc) is 3.31. The largest absolute Gasteiger partial charge is 0.504 e. The van der Waals surface area contributed by atoms with Crippen LogP contribution in [0.3, 0.4) is 0 Å². The molecule has 0 bridgehead atoms. The van der Waals surface area contributed by atoms with Crippen LogP contribution >= 0.6 is 0 Å². The van der Waals surface area contributed by atoms with Crippen LogP contribution in [-0.2, 0) is 16.1 Å². The number of rotatable bonds is 9. The minimum absolute atomic E-state index is 0.106. The number of phenolic OH excluding ortho intramolecular Hbond substituents is 1. The highest BCUT2D eigenvalue weighted by atomic mass is 16.5. The second-order valence-electron chi connectivity index (χ2n) is 7.25. The molecule has 0 spiro atoms. The summed E-state index contributed by atoms with van der Waals surface area (Å²) in [5, 5.41) is 25.4. The van der Waals surface area contributed by atoms with E-state index in [9.17, 15) is 24.6 Å². The molecule has 10 nitrogen and oxygen atoms in total. The van der Waals surface area contributed by atoms with Crippen molar-refractivity contribution in [2.75, 3.05) is 13.7 Å². The Morgan fingerprint density at radius 1 is 1.12 bits per heavy atom. The lowest BCUT2D eigenvalue weighted by Gasteiger charge is -2.19. The minimum atomic E-state index is -0.890. The number of amides is 2. The third-order valence-corrected chi connectivity index (χ3v) is 4.87. The first-order valence-electron chi connectivity index (χ1n) is 10.0. The van der Waals surface area contributed by atoms with E-state index in [1.807, 2.05) is 0 Å². The predicted octanol–water partition coefficient (Wildman–Crippen LogP) is 1.92. The molecule has 2 amide bonds. The predicted molar refractivity (Wildman–Crippen MR) is 116 cm³/mol. The SMILES string of the molecule is COc1cc([C@@H](CC(=O)NCC(=O)NCc2ccco2)c2oc(C)cc(=O)c2O)ccc1O. The van der Waals surface area contributed by atoms with Crippen molar-refractivity contribution in [2.45, 2.75) is 25.8 Å². The van der Waals surface area contributed by atoms with E-state index < -0.39 is 28.9 Å². The van der Waals surface area contributed by atoms with Crippen molar-refractivity contribution < 1.29 is 33.4 Å². The highest BCUT2D eigenvalue weighted by molar-refractivity contribution is 5.85. The maximum Gasteiger partial charge on any atom is 0.239 e. The molecule has 4 N–H and O–H groups in total. The third kappa shape index (κ3) is 5.94. The molecule has 0 unspecified atom stereocenters. The van der Waals surface area contributed by atoms with Crippen molar-refractivity contribution in [2.24, 2.45) is 0 Å². The standard InChI is InChI=1S/C23H24N2O8/c1-13-8-18(27)22(30)23(33-13)16(14-5-6-17(26)19(9-14)31-2)10-20(28)25-12-21(29)24-11-15-4-3-7-32-15/h3-9,16,26,30H,10-12H2,1-2H3,(H,24,29)(H,25,28)/t16-/m1/s1. The molecule has 1 atom stereocenters. The molecule has 0 aliphatic rings. The van der Waals surface area contributed by atoms with Crippen LogP contribution in [-0.4, -0.2) is 35.7 Å². The lowest BCUT2D eigenvalue weighted by atomic mass is 9.91. The minimum Gasteiger partial charge on any atom is -0.504 e. The lowest BCUT2D eigenvalue weighted by molar-refractivity contribution is -0.126. The van der Waals surface area contributed by atoms with Gasteiger partial charge in [0.2, 0.25) is 23.0 Å². The Morgan fingerprint density at radius 3 is 2.61 bits per heavy atom. The van der Waals surface area contributed by atoms with Crippen molar-refractivity contribution >= 4 is 11.8 Å². The van der Waals surface area contributed by atoms with E-state index in [0.717, 1.165) is 6.07 Å². The van der Waals surface area contributed by atoms with Crippen molar-refractivity contribution in [3.8, 4) is 17.2 Å². The molecule has 0 fully saturated rings. The van der Waals surface area contributed by atoms with Gasteiger partial charge in [0.05, 0.1) is 32.4 Å². The second-order valence-corrected chi connectivity index (χ2v) is 7.25. The lowest BCUT2D eigenvalue weighted by Crippen LogP contribution is -2.37. The van der Waals surface area contributed by atoms with Crippen LogP contribution in [0.2, 0.25) is 0 Å². The van der Waals surface area contributed by atoms with Gasteiger partial charge in [-0.05, 0) is 36.8 Å². The normalized spacial score (nSPS) is 11.6. The fraction of sp³-hybridized carbons (Fsp3) is 0.261. The van der Waals surface area contributed by atoms with Crippen LogP contribution in [0.4, 0.5) is 0 Å². The van der Waals surface area contributed by atoms with Gasteiger partial charge in [0, 0.05) is 12.5 Å². The van der Waals surface area contributed by atoms with E-state index in [4.69, 9.17) is 13.6 Å². The molecule has 2 aromatic heterocycles. The summed E-state index contributed by atoms with van der Waals surface area (Å²) in [5.41, 5.74) is -0.201. The molecule has 1 aromatic carbocycles. The molecule has 2 heterocycles. The van der Waals surface area contributed by atoms with Gasteiger partial charge in [0.25, 0.3) is 0 Å². The van der Waals surface area contributed by atoms with Crippen LogP contribution in [0.25, 0.3) is 0 Å². The molecule has 0 aliphatic heterocycles. The summed E-state index contributed by atoms with van der Waals surface area (Å²) in [7, 11) is 1.37. The monoisotopic (exact) mass is 456 g/mol. The summed E-state index contributed by atoms with van der Waals surface area (Å²) in [6, 6.07) is 8.90. The number of methoxy groups -OCH3 is 1. The average molecular weight is 456 g/mol. The Morgan fingerprint density at radius 2 is 1.91 bits per heavy atom.